The van der Waals surface area contributed by atoms with E-state index in [1.807, 2.05) is 25.1 Å². The van der Waals surface area contributed by atoms with Crippen LogP contribution in [0.15, 0.2) is 24.4 Å². The minimum absolute atomic E-state index is 0.690. The zero-order chi connectivity index (χ0) is 9.10. The number of nitrogens with zero attached hydrogens (tertiary/aromatic N) is 5. The molecule has 0 bridgehead atoms. The Morgan fingerprint density at radius 2 is 2.31 bits per heavy atom. The summed E-state index contributed by atoms with van der Waals surface area (Å²) in [6.07, 6.45) is 2.48. The molecule has 5 nitrogen and oxygen atoms in total. The van der Waals surface area contributed by atoms with Gasteiger partial charge in [0.25, 0.3) is 0 Å². The molecule has 0 aliphatic rings. The quantitative estimate of drug-likeness (QED) is 0.671. The van der Waals surface area contributed by atoms with Gasteiger partial charge >= 0.3 is 0 Å². The summed E-state index contributed by atoms with van der Waals surface area (Å²) in [5.74, 6) is 1.42. The standard InChI is InChI=1S/C8H9N5/c1-2-7-10-12-13(11-7)8-5-3-4-6-9-8/h3-6H,2H2,1H3. The van der Waals surface area contributed by atoms with E-state index in [2.05, 4.69) is 20.4 Å². The lowest BCUT2D eigenvalue weighted by Gasteiger charge is -1.93. The van der Waals surface area contributed by atoms with E-state index in [4.69, 9.17) is 0 Å². The topological polar surface area (TPSA) is 56.5 Å². The molecular formula is C8H9N5. The highest BCUT2D eigenvalue weighted by Crippen LogP contribution is 1.98. The second-order valence-corrected chi connectivity index (χ2v) is 2.54. The van der Waals surface area contributed by atoms with Crippen molar-refractivity contribution in [2.45, 2.75) is 13.3 Å². The Morgan fingerprint density at radius 3 is 2.92 bits per heavy atom. The van der Waals surface area contributed by atoms with Crippen LogP contribution in [0.3, 0.4) is 0 Å². The lowest BCUT2D eigenvalue weighted by molar-refractivity contribution is 0.698. The van der Waals surface area contributed by atoms with E-state index < -0.39 is 0 Å². The van der Waals surface area contributed by atoms with Crippen molar-refractivity contribution >= 4 is 0 Å². The molecule has 13 heavy (non-hydrogen) atoms. The van der Waals surface area contributed by atoms with Gasteiger partial charge in [-0.3, -0.25) is 0 Å². The second kappa shape index (κ2) is 3.30. The van der Waals surface area contributed by atoms with Gasteiger partial charge in [0.2, 0.25) is 0 Å². The van der Waals surface area contributed by atoms with Crippen LogP contribution in [-0.2, 0) is 6.42 Å². The Kier molecular flexibility index (Phi) is 1.99. The maximum absolute atomic E-state index is 4.13. The van der Waals surface area contributed by atoms with Crippen LogP contribution in [-0.4, -0.2) is 25.2 Å². The zero-order valence-corrected chi connectivity index (χ0v) is 7.25. The summed E-state index contributed by atoms with van der Waals surface area (Å²) >= 11 is 0. The molecule has 0 saturated heterocycles. The first kappa shape index (κ1) is 7.85. The van der Waals surface area contributed by atoms with Crippen molar-refractivity contribution in [2.24, 2.45) is 0 Å². The third kappa shape index (κ3) is 1.53. The van der Waals surface area contributed by atoms with Crippen molar-refractivity contribution in [1.29, 1.82) is 0 Å². The van der Waals surface area contributed by atoms with Crippen LogP contribution < -0.4 is 0 Å². The van der Waals surface area contributed by atoms with E-state index in [1.54, 1.807) is 6.20 Å². The summed E-state index contributed by atoms with van der Waals surface area (Å²) in [5, 5.41) is 11.9. The van der Waals surface area contributed by atoms with Gasteiger partial charge in [0.15, 0.2) is 11.6 Å². The molecule has 0 radical (unpaired) electrons. The predicted octanol–water partition coefficient (Wildman–Crippen LogP) is 0.620. The smallest absolute Gasteiger partial charge is 0.176 e. The average Bonchev–Trinajstić information content (AvgIpc) is 2.67. The SMILES string of the molecule is CCc1nnn(-c2ccccn2)n1. The van der Waals surface area contributed by atoms with Gasteiger partial charge in [0.05, 0.1) is 0 Å². The van der Waals surface area contributed by atoms with Crippen LogP contribution in [0.5, 0.6) is 0 Å². The Morgan fingerprint density at radius 1 is 1.38 bits per heavy atom. The second-order valence-electron chi connectivity index (χ2n) is 2.54. The number of tetrazole rings is 1. The minimum Gasteiger partial charge on any atom is -0.236 e. The maximum Gasteiger partial charge on any atom is 0.176 e. The summed E-state index contributed by atoms with van der Waals surface area (Å²) in [6.45, 7) is 1.99. The summed E-state index contributed by atoms with van der Waals surface area (Å²) in [5.41, 5.74) is 0. The van der Waals surface area contributed by atoms with Crippen LogP contribution in [0.4, 0.5) is 0 Å². The van der Waals surface area contributed by atoms with Gasteiger partial charge < -0.3 is 0 Å². The Hall–Kier alpha value is -1.78. The largest absolute Gasteiger partial charge is 0.236 e. The first-order valence-electron chi connectivity index (χ1n) is 4.10. The van der Waals surface area contributed by atoms with E-state index in [0.717, 1.165) is 12.2 Å². The molecule has 0 aromatic carbocycles. The predicted molar refractivity (Wildman–Crippen MR) is 46.3 cm³/mol. The lowest BCUT2D eigenvalue weighted by Crippen LogP contribution is -2.01. The fraction of sp³-hybridized carbons (Fsp3) is 0.250. The molecule has 0 amide bonds. The van der Waals surface area contributed by atoms with E-state index in [9.17, 15) is 0 Å². The van der Waals surface area contributed by atoms with Crippen molar-refractivity contribution in [3.8, 4) is 5.82 Å². The highest BCUT2D eigenvalue weighted by atomic mass is 15.6. The molecule has 0 fully saturated rings. The van der Waals surface area contributed by atoms with Crippen LogP contribution in [0.25, 0.3) is 5.82 Å². The number of hydrogen-bond donors (Lipinski definition) is 0. The van der Waals surface area contributed by atoms with Gasteiger partial charge in [-0.1, -0.05) is 13.0 Å². The summed E-state index contributed by atoms with van der Waals surface area (Å²) in [6, 6.07) is 5.57. The Bertz CT molecular complexity index is 380. The fourth-order valence-electron chi connectivity index (χ4n) is 0.954. The van der Waals surface area contributed by atoms with Crippen LogP contribution in [0.2, 0.25) is 0 Å². The van der Waals surface area contributed by atoms with Crippen molar-refractivity contribution in [3.63, 3.8) is 0 Å². The van der Waals surface area contributed by atoms with Gasteiger partial charge in [0, 0.05) is 12.6 Å². The molecule has 2 aromatic rings. The highest BCUT2D eigenvalue weighted by molar-refractivity contribution is 5.16. The van der Waals surface area contributed by atoms with Gasteiger partial charge in [-0.15, -0.1) is 15.0 Å². The van der Waals surface area contributed by atoms with Gasteiger partial charge in [-0.25, -0.2) is 4.98 Å². The molecule has 2 heterocycles. The third-order valence-electron chi connectivity index (χ3n) is 1.63. The Labute approximate surface area is 75.4 Å². The number of pyridine rings is 1. The van der Waals surface area contributed by atoms with Crippen molar-refractivity contribution in [3.05, 3.63) is 30.2 Å². The van der Waals surface area contributed by atoms with E-state index in [0.29, 0.717) is 5.82 Å². The molecule has 0 saturated carbocycles. The zero-order valence-electron chi connectivity index (χ0n) is 7.25. The number of aromatic nitrogens is 5. The molecular weight excluding hydrogens is 166 g/mol. The van der Waals surface area contributed by atoms with Crippen LogP contribution in [0.1, 0.15) is 12.7 Å². The normalized spacial score (nSPS) is 10.2. The van der Waals surface area contributed by atoms with E-state index in [-0.39, 0.29) is 0 Å². The summed E-state index contributed by atoms with van der Waals surface area (Å²) in [4.78, 5) is 5.52. The summed E-state index contributed by atoms with van der Waals surface area (Å²) < 4.78 is 0. The first-order valence-corrected chi connectivity index (χ1v) is 4.10. The molecule has 0 spiro atoms. The number of hydrogen-bond acceptors (Lipinski definition) is 4. The van der Waals surface area contributed by atoms with Crippen molar-refractivity contribution < 1.29 is 0 Å². The average molecular weight is 175 g/mol. The van der Waals surface area contributed by atoms with Crippen molar-refractivity contribution in [2.75, 3.05) is 0 Å². The van der Waals surface area contributed by atoms with Crippen LogP contribution in [0, 0.1) is 0 Å². The number of rotatable bonds is 2. The first-order chi connectivity index (χ1) is 6.40. The molecule has 0 aliphatic carbocycles. The minimum atomic E-state index is 0.690. The van der Waals surface area contributed by atoms with Gasteiger partial charge in [-0.05, 0) is 17.3 Å². The highest BCUT2D eigenvalue weighted by Gasteiger charge is 2.01. The summed E-state index contributed by atoms with van der Waals surface area (Å²) in [7, 11) is 0. The molecule has 0 aliphatic heterocycles. The molecule has 0 unspecified atom stereocenters. The monoisotopic (exact) mass is 175 g/mol. The van der Waals surface area contributed by atoms with Crippen LogP contribution >= 0.6 is 0 Å². The molecule has 5 heteroatoms. The molecule has 2 rings (SSSR count). The van der Waals surface area contributed by atoms with Gasteiger partial charge in [0.1, 0.15) is 0 Å². The third-order valence-corrected chi connectivity index (χ3v) is 1.63. The molecule has 0 atom stereocenters. The number of aryl methyl sites for hydroxylation is 1. The lowest BCUT2D eigenvalue weighted by atomic mass is 10.5. The van der Waals surface area contributed by atoms with E-state index in [1.165, 1.54) is 4.80 Å². The van der Waals surface area contributed by atoms with E-state index >= 15 is 0 Å². The molecule has 66 valence electrons. The molecule has 2 aromatic heterocycles. The van der Waals surface area contributed by atoms with Gasteiger partial charge in [-0.2, -0.15) is 0 Å². The Balaban J connectivity index is 2.36. The molecule has 0 N–H and O–H groups in total. The maximum atomic E-state index is 4.13. The fourth-order valence-corrected chi connectivity index (χ4v) is 0.954. The van der Waals surface area contributed by atoms with Crippen molar-refractivity contribution in [1.82, 2.24) is 25.2 Å².